The van der Waals surface area contributed by atoms with E-state index in [1.54, 1.807) is 0 Å². The smallest absolute Gasteiger partial charge is 0.0666 e. The Morgan fingerprint density at radius 2 is 0.500 bits per heavy atom. The third-order valence-electron chi connectivity index (χ3n) is 20.5. The summed E-state index contributed by atoms with van der Waals surface area (Å²) in [5.74, 6) is 5.47. The third-order valence-corrected chi connectivity index (χ3v) is 20.5. The van der Waals surface area contributed by atoms with Crippen molar-refractivity contribution in [3.63, 3.8) is 0 Å². The second-order valence-electron chi connectivity index (χ2n) is 25.1. The van der Waals surface area contributed by atoms with Gasteiger partial charge in [0.25, 0.3) is 0 Å². The number of nitrogens with zero attached hydrogens (tertiary/aromatic N) is 3. The quantitative estimate of drug-likeness (QED) is 0.121. The summed E-state index contributed by atoms with van der Waals surface area (Å²) < 4.78 is 0. The Bertz CT molecular complexity index is 4160. The van der Waals surface area contributed by atoms with Crippen molar-refractivity contribution in [3.05, 3.63) is 321 Å². The Morgan fingerprint density at radius 1 is 0.202 bits per heavy atom. The molecule has 6 aromatic carbocycles. The fourth-order valence-electron chi connectivity index (χ4n) is 15.4. The maximum absolute atomic E-state index is 5.47. The van der Waals surface area contributed by atoms with Crippen molar-refractivity contribution in [2.75, 3.05) is 0 Å². The molecule has 21 rings (SSSR count). The molecule has 12 aliphatic rings. The molecule has 398 valence electrons. The van der Waals surface area contributed by atoms with E-state index in [0.29, 0.717) is 53.3 Å². The third kappa shape index (κ3) is 7.61. The highest BCUT2D eigenvalue weighted by atomic mass is 14.7. The van der Waals surface area contributed by atoms with Crippen LogP contribution >= 0.6 is 0 Å². The molecule has 0 unspecified atom stereocenters. The molecular formula is C81H59N3. The van der Waals surface area contributed by atoms with Gasteiger partial charge < -0.3 is 0 Å². The molecule has 3 heteroatoms. The molecule has 3 aromatic heterocycles. The molecule has 3 fully saturated rings. The minimum absolute atomic E-state index is 0.322. The summed E-state index contributed by atoms with van der Waals surface area (Å²) in [6.45, 7) is 0. The molecule has 3 heterocycles. The summed E-state index contributed by atoms with van der Waals surface area (Å²) in [4.78, 5) is 16.0. The van der Waals surface area contributed by atoms with Crippen LogP contribution in [0.1, 0.15) is 17.1 Å². The average Bonchev–Trinajstić information content (AvgIpc) is 1.94. The van der Waals surface area contributed by atoms with E-state index in [9.17, 15) is 0 Å². The van der Waals surface area contributed by atoms with Crippen molar-refractivity contribution in [2.45, 2.75) is 16.2 Å². The minimum Gasteiger partial charge on any atom is -0.259 e. The molecular weight excluding hydrogens is 1010 g/mol. The predicted octanol–water partition coefficient (Wildman–Crippen LogP) is 18.6. The Morgan fingerprint density at radius 3 is 0.881 bits per heavy atom. The lowest BCUT2D eigenvalue weighted by atomic mass is 9.81. The summed E-state index contributed by atoms with van der Waals surface area (Å²) in [6, 6.07) is 65.1. The number of hydrogen-bond acceptors (Lipinski definition) is 3. The number of benzene rings is 6. The standard InChI is InChI=1S/C81H59N3/c1-2-10-51(11-3-1)52-18-20-53(21-19-52)74-47-78(81-41-32-71-72(33-42-81)73(71)34-43-81)84-50-75(74)64-17-9-8-16-63(64)58-45-56(61-14-6-4-12-59(61)54-22-24-76(82-48-54)79-35-26-65-66(27-36-79)67(65)28-37-79)44-57(46-58)62-15-7-5-13-60(62)55-23-25-77(83-49-55)80-38-29-68-69(30-39-80)70(68)31-40-80/h1-50,65-73H. The zero-order valence-corrected chi connectivity index (χ0v) is 46.4. The van der Waals surface area contributed by atoms with Gasteiger partial charge >= 0.3 is 0 Å². The van der Waals surface area contributed by atoms with Crippen molar-refractivity contribution in [2.24, 2.45) is 53.3 Å². The largest absolute Gasteiger partial charge is 0.259 e. The molecule has 3 nitrogen and oxygen atoms in total. The maximum Gasteiger partial charge on any atom is 0.0666 e. The zero-order valence-electron chi connectivity index (χ0n) is 46.4. The van der Waals surface area contributed by atoms with Gasteiger partial charge in [0.2, 0.25) is 0 Å². The van der Waals surface area contributed by atoms with Crippen LogP contribution in [0.15, 0.2) is 304 Å². The molecule has 12 bridgehead atoms. The van der Waals surface area contributed by atoms with Gasteiger partial charge in [-0.3, -0.25) is 15.0 Å². The second kappa shape index (κ2) is 18.2. The Labute approximate surface area is 491 Å². The maximum atomic E-state index is 5.47. The first-order valence-electron chi connectivity index (χ1n) is 30.3. The molecule has 0 atom stereocenters. The van der Waals surface area contributed by atoms with E-state index in [1.165, 1.54) is 11.1 Å². The average molecular weight is 1070 g/mol. The van der Waals surface area contributed by atoms with E-state index < -0.39 is 5.41 Å². The zero-order chi connectivity index (χ0) is 55.1. The van der Waals surface area contributed by atoms with Gasteiger partial charge in [-0.2, -0.15) is 0 Å². The molecule has 0 aliphatic heterocycles. The molecule has 9 aromatic rings. The van der Waals surface area contributed by atoms with Crippen molar-refractivity contribution in [3.8, 4) is 89.0 Å². The van der Waals surface area contributed by atoms with Crippen LogP contribution in [0.2, 0.25) is 0 Å². The van der Waals surface area contributed by atoms with Gasteiger partial charge in [-0.1, -0.05) is 249 Å². The van der Waals surface area contributed by atoms with Crippen LogP contribution in [-0.2, 0) is 16.2 Å². The minimum atomic E-state index is -0.412. The predicted molar refractivity (Wildman–Crippen MR) is 342 cm³/mol. The van der Waals surface area contributed by atoms with Gasteiger partial charge in [0, 0.05) is 35.3 Å². The lowest BCUT2D eigenvalue weighted by molar-refractivity contribution is 0.812. The molecule has 84 heavy (non-hydrogen) atoms. The summed E-state index contributed by atoms with van der Waals surface area (Å²) in [6.07, 6.45) is 49.7. The normalized spacial score (nSPS) is 29.3. The van der Waals surface area contributed by atoms with E-state index in [1.807, 2.05) is 0 Å². The lowest BCUT2D eigenvalue weighted by Gasteiger charge is -2.25. The first-order valence-corrected chi connectivity index (χ1v) is 30.3. The molecule has 0 radical (unpaired) electrons. The number of rotatable bonds is 11. The van der Waals surface area contributed by atoms with Crippen LogP contribution in [0, 0.1) is 53.3 Å². The number of aromatic nitrogens is 3. The SMILES string of the molecule is C1=CC2(c3ccc(-c4ccccc4-c4cc(-c5ccccc5-c5ccc(C67C=CC8C(C=C6)C8C=C7)nc5)cc(-c5ccccc5-c5cnc(C67C=CC8C(C=C6)C8C=C7)cc5-c5ccc(-c6ccccc6)cc5)c4)cn3)C=CC3C1C3C=C2. The van der Waals surface area contributed by atoms with Crippen molar-refractivity contribution >= 4 is 0 Å². The van der Waals surface area contributed by atoms with Crippen molar-refractivity contribution < 1.29 is 0 Å². The summed E-state index contributed by atoms with van der Waals surface area (Å²) in [5, 5.41) is 0. The first kappa shape index (κ1) is 48.0. The van der Waals surface area contributed by atoms with Gasteiger partial charge in [-0.15, -0.1) is 0 Å². The van der Waals surface area contributed by atoms with Gasteiger partial charge in [-0.05, 0) is 162 Å². The molecule has 3 saturated carbocycles. The number of pyridine rings is 3. The van der Waals surface area contributed by atoms with Crippen LogP contribution in [-0.4, -0.2) is 15.0 Å². The van der Waals surface area contributed by atoms with Crippen LogP contribution < -0.4 is 0 Å². The number of hydrogen-bond donors (Lipinski definition) is 0. The van der Waals surface area contributed by atoms with E-state index in [4.69, 9.17) is 15.0 Å². The van der Waals surface area contributed by atoms with Crippen molar-refractivity contribution in [1.29, 1.82) is 0 Å². The van der Waals surface area contributed by atoms with Gasteiger partial charge in [0.1, 0.15) is 0 Å². The molecule has 0 N–H and O–H groups in total. The van der Waals surface area contributed by atoms with Crippen LogP contribution in [0.5, 0.6) is 0 Å². The van der Waals surface area contributed by atoms with E-state index in [-0.39, 0.29) is 10.8 Å². The van der Waals surface area contributed by atoms with Crippen LogP contribution in [0.4, 0.5) is 0 Å². The fourth-order valence-corrected chi connectivity index (χ4v) is 15.4. The van der Waals surface area contributed by atoms with Crippen LogP contribution in [0.3, 0.4) is 0 Å². The summed E-state index contributed by atoms with van der Waals surface area (Å²) >= 11 is 0. The summed E-state index contributed by atoms with van der Waals surface area (Å²) in [5.41, 5.74) is 20.2. The first-order chi connectivity index (χ1) is 41.5. The van der Waals surface area contributed by atoms with E-state index >= 15 is 0 Å². The lowest BCUT2D eigenvalue weighted by Crippen LogP contribution is -2.19. The topological polar surface area (TPSA) is 38.7 Å². The van der Waals surface area contributed by atoms with Gasteiger partial charge in [-0.25, -0.2) is 0 Å². The van der Waals surface area contributed by atoms with E-state index in [2.05, 4.69) is 304 Å². The van der Waals surface area contributed by atoms with Gasteiger partial charge in [0.15, 0.2) is 0 Å². The Hall–Kier alpha value is -9.57. The highest BCUT2D eigenvalue weighted by Crippen LogP contribution is 2.58. The molecule has 0 amide bonds. The Balaban J connectivity index is 0.794. The Kier molecular flexibility index (Phi) is 10.4. The van der Waals surface area contributed by atoms with Gasteiger partial charge in [0.05, 0.1) is 33.3 Å². The number of allylic oxidation sites excluding steroid dienone is 18. The highest BCUT2D eigenvalue weighted by molar-refractivity contribution is 5.96. The molecule has 12 aliphatic carbocycles. The molecule has 0 spiro atoms. The molecule has 0 saturated heterocycles. The fraction of sp³-hybridized carbons (Fsp3) is 0.148. The second-order valence-corrected chi connectivity index (χ2v) is 25.1. The van der Waals surface area contributed by atoms with Crippen LogP contribution in [0.25, 0.3) is 89.0 Å². The van der Waals surface area contributed by atoms with E-state index in [0.717, 1.165) is 95.0 Å². The monoisotopic (exact) mass is 1070 g/mol. The summed E-state index contributed by atoms with van der Waals surface area (Å²) in [7, 11) is 0. The highest BCUT2D eigenvalue weighted by Gasteiger charge is 2.51. The van der Waals surface area contributed by atoms with Crippen molar-refractivity contribution in [1.82, 2.24) is 15.0 Å².